The molecule has 0 amide bonds. The van der Waals surface area contributed by atoms with Gasteiger partial charge in [-0.2, -0.15) is 0 Å². The molecule has 0 aromatic heterocycles. The number of ether oxygens (including phenoxy) is 1. The average molecular weight is 268 g/mol. The van der Waals surface area contributed by atoms with Crippen LogP contribution in [-0.2, 0) is 4.74 Å². The fourth-order valence-electron chi connectivity index (χ4n) is 2.80. The van der Waals surface area contributed by atoms with Crippen molar-refractivity contribution < 1.29 is 4.74 Å². The van der Waals surface area contributed by atoms with Gasteiger partial charge in [0.1, 0.15) is 0 Å². The molecule has 1 N–H and O–H groups in total. The quantitative estimate of drug-likeness (QED) is 0.541. The maximum Gasteiger partial charge on any atom is 0.0672 e. The second-order valence-electron chi connectivity index (χ2n) is 5.99. The minimum atomic E-state index is 0.636. The van der Waals surface area contributed by atoms with Crippen LogP contribution in [0.15, 0.2) is 12.2 Å². The van der Waals surface area contributed by atoms with E-state index in [1.165, 1.54) is 19.4 Å². The first-order valence-electron chi connectivity index (χ1n) is 7.75. The molecule has 1 aliphatic heterocycles. The van der Waals surface area contributed by atoms with Gasteiger partial charge in [-0.05, 0) is 39.2 Å². The number of hydrogen-bond donors (Lipinski definition) is 1. The molecule has 1 rings (SSSR count). The summed E-state index contributed by atoms with van der Waals surface area (Å²) in [6.07, 6.45) is 2.47. The molecule has 0 aliphatic carbocycles. The zero-order chi connectivity index (χ0) is 14.3. The Morgan fingerprint density at radius 3 is 2.79 bits per heavy atom. The van der Waals surface area contributed by atoms with Crippen LogP contribution < -0.4 is 5.32 Å². The first-order chi connectivity index (χ1) is 9.06. The van der Waals surface area contributed by atoms with Gasteiger partial charge in [0.2, 0.25) is 0 Å². The van der Waals surface area contributed by atoms with Crippen LogP contribution in [0, 0.1) is 5.92 Å². The van der Waals surface area contributed by atoms with Crippen molar-refractivity contribution in [1.29, 1.82) is 0 Å². The predicted molar refractivity (Wildman–Crippen MR) is 82.5 cm³/mol. The van der Waals surface area contributed by atoms with E-state index in [-0.39, 0.29) is 0 Å². The largest absolute Gasteiger partial charge is 0.376 e. The van der Waals surface area contributed by atoms with Crippen LogP contribution in [0.25, 0.3) is 0 Å². The van der Waals surface area contributed by atoms with Crippen LogP contribution >= 0.6 is 0 Å². The van der Waals surface area contributed by atoms with Gasteiger partial charge in [-0.25, -0.2) is 0 Å². The minimum Gasteiger partial charge on any atom is -0.376 e. The van der Waals surface area contributed by atoms with Crippen LogP contribution in [0.1, 0.15) is 40.5 Å². The molecule has 112 valence electrons. The van der Waals surface area contributed by atoms with Crippen LogP contribution in [0.3, 0.4) is 0 Å². The van der Waals surface area contributed by atoms with Gasteiger partial charge in [0.25, 0.3) is 0 Å². The Balaban J connectivity index is 2.29. The van der Waals surface area contributed by atoms with Gasteiger partial charge in [-0.3, -0.25) is 4.90 Å². The molecule has 0 saturated carbocycles. The van der Waals surface area contributed by atoms with Gasteiger partial charge in [-0.1, -0.05) is 26.0 Å². The van der Waals surface area contributed by atoms with Gasteiger partial charge in [0.05, 0.1) is 13.2 Å². The molecule has 0 spiro atoms. The molecule has 0 radical (unpaired) electrons. The van der Waals surface area contributed by atoms with Gasteiger partial charge in [0, 0.05) is 25.2 Å². The normalized spacial score (nSPS) is 28.5. The fraction of sp³-hybridized carbons (Fsp3) is 0.875. The molecule has 3 nitrogen and oxygen atoms in total. The second kappa shape index (κ2) is 8.72. The molecule has 3 heteroatoms. The van der Waals surface area contributed by atoms with E-state index in [1.807, 2.05) is 6.92 Å². The molecule has 3 unspecified atom stereocenters. The third-order valence-electron chi connectivity index (χ3n) is 4.23. The molecule has 0 aromatic carbocycles. The molecular weight excluding hydrogens is 236 g/mol. The molecular formula is C16H32N2O. The van der Waals surface area contributed by atoms with Gasteiger partial charge >= 0.3 is 0 Å². The van der Waals surface area contributed by atoms with Crippen molar-refractivity contribution in [3.05, 3.63) is 12.2 Å². The first-order valence-corrected chi connectivity index (χ1v) is 7.75. The Morgan fingerprint density at radius 1 is 1.42 bits per heavy atom. The van der Waals surface area contributed by atoms with Crippen molar-refractivity contribution >= 4 is 0 Å². The molecule has 0 bridgehead atoms. The van der Waals surface area contributed by atoms with Crippen molar-refractivity contribution in [2.75, 3.05) is 32.8 Å². The van der Waals surface area contributed by atoms with Crippen LogP contribution in [0.4, 0.5) is 0 Å². The molecule has 3 atom stereocenters. The first kappa shape index (κ1) is 16.7. The van der Waals surface area contributed by atoms with Crippen LogP contribution in [-0.4, -0.2) is 49.8 Å². The average Bonchev–Trinajstić information content (AvgIpc) is 2.38. The zero-order valence-electron chi connectivity index (χ0n) is 13.2. The number of nitrogens with zero attached hydrogens (tertiary/aromatic N) is 1. The maximum atomic E-state index is 5.62. The molecule has 1 aliphatic rings. The highest BCUT2D eigenvalue weighted by Gasteiger charge is 2.31. The van der Waals surface area contributed by atoms with E-state index in [1.54, 1.807) is 0 Å². The minimum absolute atomic E-state index is 0.636. The number of rotatable bonds is 8. The maximum absolute atomic E-state index is 5.62. The van der Waals surface area contributed by atoms with Crippen molar-refractivity contribution in [2.24, 2.45) is 5.92 Å². The lowest BCUT2D eigenvalue weighted by Gasteiger charge is -2.43. The topological polar surface area (TPSA) is 24.5 Å². The van der Waals surface area contributed by atoms with E-state index in [2.05, 4.69) is 37.6 Å². The third kappa shape index (κ3) is 5.64. The van der Waals surface area contributed by atoms with Crippen LogP contribution in [0.5, 0.6) is 0 Å². The van der Waals surface area contributed by atoms with Gasteiger partial charge in [-0.15, -0.1) is 0 Å². The van der Waals surface area contributed by atoms with E-state index < -0.39 is 0 Å². The summed E-state index contributed by atoms with van der Waals surface area (Å²) in [5.41, 5.74) is 1.10. The standard InChI is InChI=1S/C16H32N2O/c1-6-8-17-16-7-9-18(15(5)14(16)4)10-11-19-12-13(2)3/h14-17H,2,6-12H2,1,3-5H3. The highest BCUT2D eigenvalue weighted by molar-refractivity contribution is 4.89. The van der Waals surface area contributed by atoms with E-state index in [9.17, 15) is 0 Å². The summed E-state index contributed by atoms with van der Waals surface area (Å²) in [7, 11) is 0. The summed E-state index contributed by atoms with van der Waals surface area (Å²) in [6, 6.07) is 1.32. The summed E-state index contributed by atoms with van der Waals surface area (Å²) in [6.45, 7) is 17.7. The summed E-state index contributed by atoms with van der Waals surface area (Å²) in [5.74, 6) is 0.710. The Kier molecular flexibility index (Phi) is 7.66. The highest BCUT2D eigenvalue weighted by Crippen LogP contribution is 2.23. The van der Waals surface area contributed by atoms with Crippen molar-refractivity contribution in [2.45, 2.75) is 52.6 Å². The van der Waals surface area contributed by atoms with E-state index >= 15 is 0 Å². The fourth-order valence-corrected chi connectivity index (χ4v) is 2.80. The van der Waals surface area contributed by atoms with Crippen molar-refractivity contribution in [1.82, 2.24) is 10.2 Å². The van der Waals surface area contributed by atoms with Crippen LogP contribution in [0.2, 0.25) is 0 Å². The van der Waals surface area contributed by atoms with E-state index in [4.69, 9.17) is 4.74 Å². The van der Waals surface area contributed by atoms with Crippen molar-refractivity contribution in [3.63, 3.8) is 0 Å². The molecule has 1 heterocycles. The number of hydrogen-bond acceptors (Lipinski definition) is 3. The Hall–Kier alpha value is -0.380. The summed E-state index contributed by atoms with van der Waals surface area (Å²) >= 11 is 0. The predicted octanol–water partition coefficient (Wildman–Crippen LogP) is 2.68. The monoisotopic (exact) mass is 268 g/mol. The number of piperidine rings is 1. The highest BCUT2D eigenvalue weighted by atomic mass is 16.5. The number of likely N-dealkylation sites (tertiary alicyclic amines) is 1. The molecule has 0 aromatic rings. The Labute approximate surface area is 119 Å². The molecule has 1 saturated heterocycles. The smallest absolute Gasteiger partial charge is 0.0672 e. The Bertz CT molecular complexity index is 267. The second-order valence-corrected chi connectivity index (χ2v) is 5.99. The number of nitrogens with one attached hydrogen (secondary N) is 1. The van der Waals surface area contributed by atoms with Gasteiger partial charge in [0.15, 0.2) is 0 Å². The van der Waals surface area contributed by atoms with Crippen molar-refractivity contribution in [3.8, 4) is 0 Å². The molecule has 1 fully saturated rings. The lowest BCUT2D eigenvalue weighted by atomic mass is 9.87. The Morgan fingerprint density at radius 2 is 2.16 bits per heavy atom. The summed E-state index contributed by atoms with van der Waals surface area (Å²) < 4.78 is 5.62. The summed E-state index contributed by atoms with van der Waals surface area (Å²) in [5, 5.41) is 3.68. The van der Waals surface area contributed by atoms with E-state index in [0.29, 0.717) is 24.6 Å². The lowest BCUT2D eigenvalue weighted by molar-refractivity contribution is 0.0499. The SMILES string of the molecule is C=C(C)COCCN1CCC(NCCC)C(C)C1C. The molecule has 19 heavy (non-hydrogen) atoms. The zero-order valence-corrected chi connectivity index (χ0v) is 13.2. The summed E-state index contributed by atoms with van der Waals surface area (Å²) in [4.78, 5) is 2.56. The van der Waals surface area contributed by atoms with Gasteiger partial charge < -0.3 is 10.1 Å². The lowest BCUT2D eigenvalue weighted by Crippen LogP contribution is -2.54. The van der Waals surface area contributed by atoms with E-state index in [0.717, 1.165) is 25.3 Å². The third-order valence-corrected chi connectivity index (χ3v) is 4.23.